The first kappa shape index (κ1) is 16.0. The average Bonchev–Trinajstić information content (AvgIpc) is 2.40. The standard InChI is InChI=1S/C13H15BrF3NO/c14-7-3-1-2-4-8-18-13(19)9-5-6-10(15)12(17)11(9)16/h5-6H,1-4,7-8H2,(H,18,19). The van der Waals surface area contributed by atoms with E-state index in [1.807, 2.05) is 0 Å². The minimum atomic E-state index is -1.62. The van der Waals surface area contributed by atoms with Crippen LogP contribution in [0.25, 0.3) is 0 Å². The van der Waals surface area contributed by atoms with Crippen molar-refractivity contribution in [2.75, 3.05) is 11.9 Å². The highest BCUT2D eigenvalue weighted by atomic mass is 79.9. The molecule has 0 heterocycles. The lowest BCUT2D eigenvalue weighted by molar-refractivity contribution is 0.0947. The molecule has 0 aromatic heterocycles. The number of unbranched alkanes of at least 4 members (excludes halogenated alkanes) is 3. The molecule has 0 radical (unpaired) electrons. The molecule has 19 heavy (non-hydrogen) atoms. The van der Waals surface area contributed by atoms with Gasteiger partial charge >= 0.3 is 0 Å². The predicted octanol–water partition coefficient (Wildman–Crippen LogP) is 3.79. The number of carbonyl (C=O) groups is 1. The van der Waals surface area contributed by atoms with E-state index in [-0.39, 0.29) is 0 Å². The lowest BCUT2D eigenvalue weighted by Crippen LogP contribution is -2.25. The lowest BCUT2D eigenvalue weighted by Gasteiger charge is -2.06. The van der Waals surface area contributed by atoms with Crippen molar-refractivity contribution < 1.29 is 18.0 Å². The second kappa shape index (κ2) is 8.19. The van der Waals surface area contributed by atoms with E-state index in [9.17, 15) is 18.0 Å². The molecule has 0 aliphatic heterocycles. The van der Waals surface area contributed by atoms with E-state index < -0.39 is 28.9 Å². The number of amides is 1. The molecule has 0 bridgehead atoms. The Morgan fingerprint density at radius 1 is 1.05 bits per heavy atom. The first-order valence-electron chi connectivity index (χ1n) is 6.05. The number of hydrogen-bond acceptors (Lipinski definition) is 1. The van der Waals surface area contributed by atoms with Crippen molar-refractivity contribution in [1.29, 1.82) is 0 Å². The van der Waals surface area contributed by atoms with Crippen LogP contribution < -0.4 is 5.32 Å². The Morgan fingerprint density at radius 3 is 2.42 bits per heavy atom. The molecule has 1 N–H and O–H groups in total. The summed E-state index contributed by atoms with van der Waals surface area (Å²) in [7, 11) is 0. The van der Waals surface area contributed by atoms with Crippen LogP contribution in [0.3, 0.4) is 0 Å². The zero-order valence-corrected chi connectivity index (χ0v) is 11.9. The summed E-state index contributed by atoms with van der Waals surface area (Å²) in [6, 6.07) is 1.68. The Labute approximate surface area is 118 Å². The van der Waals surface area contributed by atoms with Gasteiger partial charge in [-0.05, 0) is 25.0 Å². The van der Waals surface area contributed by atoms with E-state index in [2.05, 4.69) is 21.2 Å². The molecular formula is C13H15BrF3NO. The molecule has 1 aromatic carbocycles. The summed E-state index contributed by atoms with van der Waals surface area (Å²) < 4.78 is 38.9. The molecule has 0 aliphatic carbocycles. The third-order valence-electron chi connectivity index (χ3n) is 2.63. The Morgan fingerprint density at radius 2 is 1.74 bits per heavy atom. The van der Waals surface area contributed by atoms with E-state index in [4.69, 9.17) is 0 Å². The third-order valence-corrected chi connectivity index (χ3v) is 3.19. The first-order valence-corrected chi connectivity index (χ1v) is 7.17. The molecule has 0 spiro atoms. The molecule has 1 aromatic rings. The van der Waals surface area contributed by atoms with Crippen LogP contribution in [-0.2, 0) is 0 Å². The van der Waals surface area contributed by atoms with Crippen LogP contribution in [0.2, 0.25) is 0 Å². The number of nitrogens with one attached hydrogen (secondary N) is 1. The van der Waals surface area contributed by atoms with Crippen molar-refractivity contribution in [3.05, 3.63) is 35.1 Å². The van der Waals surface area contributed by atoms with Gasteiger partial charge in [-0.15, -0.1) is 0 Å². The molecule has 1 rings (SSSR count). The fraction of sp³-hybridized carbons (Fsp3) is 0.462. The van der Waals surface area contributed by atoms with Crippen LogP contribution in [0.1, 0.15) is 36.0 Å². The van der Waals surface area contributed by atoms with Gasteiger partial charge in [-0.2, -0.15) is 0 Å². The molecule has 0 saturated heterocycles. The first-order chi connectivity index (χ1) is 9.07. The maximum atomic E-state index is 13.3. The maximum absolute atomic E-state index is 13.3. The second-order valence-corrected chi connectivity index (χ2v) is 4.88. The Balaban J connectivity index is 2.44. The Kier molecular flexibility index (Phi) is 6.91. The van der Waals surface area contributed by atoms with Gasteiger partial charge in [0.2, 0.25) is 0 Å². The average molecular weight is 338 g/mol. The highest BCUT2D eigenvalue weighted by Gasteiger charge is 2.18. The van der Waals surface area contributed by atoms with Crippen LogP contribution in [0, 0.1) is 17.5 Å². The van der Waals surface area contributed by atoms with E-state index in [1.165, 1.54) is 0 Å². The van der Waals surface area contributed by atoms with Gasteiger partial charge in [0, 0.05) is 11.9 Å². The van der Waals surface area contributed by atoms with Crippen molar-refractivity contribution in [3.63, 3.8) is 0 Å². The van der Waals surface area contributed by atoms with Crippen LogP contribution in [0.4, 0.5) is 13.2 Å². The zero-order chi connectivity index (χ0) is 14.3. The fourth-order valence-corrected chi connectivity index (χ4v) is 1.97. The third kappa shape index (κ3) is 4.86. The van der Waals surface area contributed by atoms with Crippen molar-refractivity contribution >= 4 is 21.8 Å². The van der Waals surface area contributed by atoms with Crippen LogP contribution in [0.5, 0.6) is 0 Å². The summed E-state index contributed by atoms with van der Waals surface area (Å²) in [5, 5.41) is 3.43. The van der Waals surface area contributed by atoms with Gasteiger partial charge in [0.05, 0.1) is 5.56 Å². The number of benzene rings is 1. The molecule has 6 heteroatoms. The molecule has 0 atom stereocenters. The second-order valence-electron chi connectivity index (χ2n) is 4.08. The van der Waals surface area contributed by atoms with Gasteiger partial charge in [-0.3, -0.25) is 4.79 Å². The summed E-state index contributed by atoms with van der Waals surface area (Å²) in [6.07, 6.45) is 3.82. The summed E-state index contributed by atoms with van der Waals surface area (Å²) in [5.74, 6) is -5.09. The van der Waals surface area contributed by atoms with Crippen molar-refractivity contribution in [1.82, 2.24) is 5.32 Å². The predicted molar refractivity (Wildman–Crippen MR) is 70.9 cm³/mol. The largest absolute Gasteiger partial charge is 0.352 e. The van der Waals surface area contributed by atoms with Gasteiger partial charge in [0.25, 0.3) is 5.91 Å². The summed E-state index contributed by atoms with van der Waals surface area (Å²) in [6.45, 7) is 0.388. The highest BCUT2D eigenvalue weighted by molar-refractivity contribution is 9.09. The fourth-order valence-electron chi connectivity index (χ4n) is 1.57. The van der Waals surface area contributed by atoms with Crippen molar-refractivity contribution in [2.24, 2.45) is 0 Å². The highest BCUT2D eigenvalue weighted by Crippen LogP contribution is 2.15. The Bertz CT molecular complexity index is 440. The number of alkyl halides is 1. The van der Waals surface area contributed by atoms with E-state index in [0.29, 0.717) is 6.54 Å². The summed E-state index contributed by atoms with van der Waals surface area (Å²) in [4.78, 5) is 11.6. The number of hydrogen-bond donors (Lipinski definition) is 1. The molecule has 1 amide bonds. The Hall–Kier alpha value is -1.04. The van der Waals surface area contributed by atoms with Crippen LogP contribution in [0.15, 0.2) is 12.1 Å². The van der Waals surface area contributed by atoms with E-state index >= 15 is 0 Å². The number of carbonyl (C=O) groups excluding carboxylic acids is 1. The minimum Gasteiger partial charge on any atom is -0.352 e. The van der Waals surface area contributed by atoms with Crippen LogP contribution in [-0.4, -0.2) is 17.8 Å². The molecule has 0 saturated carbocycles. The topological polar surface area (TPSA) is 29.1 Å². The van der Waals surface area contributed by atoms with E-state index in [0.717, 1.165) is 43.1 Å². The van der Waals surface area contributed by atoms with Crippen molar-refractivity contribution in [3.8, 4) is 0 Å². The normalized spacial score (nSPS) is 10.5. The number of halogens is 4. The molecule has 106 valence electrons. The van der Waals surface area contributed by atoms with Gasteiger partial charge in [0.15, 0.2) is 17.5 Å². The van der Waals surface area contributed by atoms with Crippen molar-refractivity contribution in [2.45, 2.75) is 25.7 Å². The molecular weight excluding hydrogens is 323 g/mol. The molecule has 0 fully saturated rings. The van der Waals surface area contributed by atoms with Gasteiger partial charge in [-0.1, -0.05) is 28.8 Å². The van der Waals surface area contributed by atoms with Gasteiger partial charge in [0.1, 0.15) is 0 Å². The quantitative estimate of drug-likeness (QED) is 0.457. The van der Waals surface area contributed by atoms with E-state index in [1.54, 1.807) is 0 Å². The zero-order valence-electron chi connectivity index (χ0n) is 10.3. The summed E-state index contributed by atoms with van der Waals surface area (Å²) in [5.41, 5.74) is -0.473. The minimum absolute atomic E-state index is 0.388. The molecule has 2 nitrogen and oxygen atoms in total. The smallest absolute Gasteiger partial charge is 0.254 e. The SMILES string of the molecule is O=C(NCCCCCCBr)c1ccc(F)c(F)c1F. The van der Waals surface area contributed by atoms with Gasteiger partial charge < -0.3 is 5.32 Å². The maximum Gasteiger partial charge on any atom is 0.254 e. The number of rotatable bonds is 7. The monoisotopic (exact) mass is 337 g/mol. The van der Waals surface area contributed by atoms with Crippen LogP contribution >= 0.6 is 15.9 Å². The molecule has 0 aliphatic rings. The lowest BCUT2D eigenvalue weighted by atomic mass is 10.1. The summed E-state index contributed by atoms with van der Waals surface area (Å²) >= 11 is 3.32. The van der Waals surface area contributed by atoms with Gasteiger partial charge in [-0.25, -0.2) is 13.2 Å². The molecule has 0 unspecified atom stereocenters.